The number of allylic oxidation sites excluding steroid dienone is 2. The Kier molecular flexibility index (Phi) is 15.8. The predicted octanol–water partition coefficient (Wildman–Crippen LogP) is 5.44. The molecule has 52 heavy (non-hydrogen) atoms. The molecule has 1 aliphatic carbocycles. The van der Waals surface area contributed by atoms with Crippen LogP contribution in [0.15, 0.2) is 36.0 Å². The Bertz CT molecular complexity index is 1230. The molecule has 3 fully saturated rings. The summed E-state index contributed by atoms with van der Waals surface area (Å²) in [5.74, 6) is -0.936. The minimum absolute atomic E-state index is 0.0105. The summed E-state index contributed by atoms with van der Waals surface area (Å²) in [7, 11) is 0. The van der Waals surface area contributed by atoms with E-state index in [4.69, 9.17) is 14.2 Å². The zero-order valence-electron chi connectivity index (χ0n) is 32.6. The predicted molar refractivity (Wildman–Crippen MR) is 200 cm³/mol. The lowest BCUT2D eigenvalue weighted by atomic mass is 9.88. The number of aliphatic hydroxyl groups is 4. The zero-order valence-corrected chi connectivity index (χ0v) is 32.6. The first-order valence-corrected chi connectivity index (χ1v) is 20.0. The van der Waals surface area contributed by atoms with Gasteiger partial charge in [-0.2, -0.15) is 0 Å². The van der Waals surface area contributed by atoms with Crippen LogP contribution in [-0.4, -0.2) is 122 Å². The maximum absolute atomic E-state index is 13.5. The number of ether oxygens (including phenoxy) is 3. The number of esters is 1. The average Bonchev–Trinajstić information content (AvgIpc) is 3.84. The molecule has 11 nitrogen and oxygen atoms in total. The van der Waals surface area contributed by atoms with E-state index in [0.29, 0.717) is 37.5 Å². The standard InChI is InChI=1S/C41H68N2O9/c1-7-33(45)30(4)38-34(50-38)27-40(5,48)20-13-14-28(2)37-29(3)17-18-35(41(6,49)21-19-32(44)26-36(46)52-37)51-39(47)43-24-22-42(23-25-43)31-15-11-9-8-10-12-16-31/h13-14,17-18,20,29-35,37-38,44-45,48-49H,7-12,15-16,19,21-27H2,1-6H3/b18-17-,20-13+,28-14+. The molecule has 4 N–H and O–H groups in total. The van der Waals surface area contributed by atoms with Crippen molar-refractivity contribution in [3.8, 4) is 0 Å². The molecule has 0 spiro atoms. The number of carbonyl (C=O) groups is 2. The van der Waals surface area contributed by atoms with Gasteiger partial charge in [0.15, 0.2) is 6.10 Å². The molecule has 10 unspecified atom stereocenters. The Balaban J connectivity index is 1.41. The van der Waals surface area contributed by atoms with Crippen molar-refractivity contribution in [2.24, 2.45) is 11.8 Å². The van der Waals surface area contributed by atoms with E-state index in [0.717, 1.165) is 13.1 Å². The van der Waals surface area contributed by atoms with Gasteiger partial charge in [0.1, 0.15) is 11.7 Å². The van der Waals surface area contributed by atoms with Gasteiger partial charge in [-0.1, -0.05) is 77.2 Å². The largest absolute Gasteiger partial charge is 0.457 e. The van der Waals surface area contributed by atoms with Crippen LogP contribution in [-0.2, 0) is 19.0 Å². The highest BCUT2D eigenvalue weighted by Crippen LogP contribution is 2.37. The van der Waals surface area contributed by atoms with Crippen LogP contribution in [0.5, 0.6) is 0 Å². The lowest BCUT2D eigenvalue weighted by molar-refractivity contribution is -0.151. The molecule has 0 radical (unpaired) electrons. The van der Waals surface area contributed by atoms with Crippen LogP contribution in [0.3, 0.4) is 0 Å². The number of amides is 1. The highest BCUT2D eigenvalue weighted by molar-refractivity contribution is 5.70. The highest BCUT2D eigenvalue weighted by Gasteiger charge is 2.47. The second-order valence-electron chi connectivity index (χ2n) is 16.5. The van der Waals surface area contributed by atoms with Gasteiger partial charge in [0.25, 0.3) is 0 Å². The Morgan fingerprint density at radius 3 is 2.42 bits per heavy atom. The summed E-state index contributed by atoms with van der Waals surface area (Å²) in [6.45, 7) is 13.7. The number of hydrogen-bond donors (Lipinski definition) is 4. The van der Waals surface area contributed by atoms with Gasteiger partial charge in [0.2, 0.25) is 0 Å². The Hall–Kier alpha value is -2.28. The summed E-state index contributed by atoms with van der Waals surface area (Å²) in [5.41, 5.74) is -1.93. The molecule has 0 aromatic carbocycles. The van der Waals surface area contributed by atoms with E-state index in [1.165, 1.54) is 44.9 Å². The SMILES string of the molecule is CCC(O)C(C)C1OC1CC(C)(O)/C=C/C=C(\C)C1OC(=O)CC(O)CCC(C)(O)C(OC(=O)N2CCN(C3CCCCCCC3)CC2)/C=C\C1C. The molecule has 10 atom stereocenters. The van der Waals surface area contributed by atoms with Crippen LogP contribution in [0, 0.1) is 11.8 Å². The van der Waals surface area contributed by atoms with E-state index in [1.54, 1.807) is 43.1 Å². The molecule has 3 aliphatic heterocycles. The van der Waals surface area contributed by atoms with Crippen molar-refractivity contribution in [3.05, 3.63) is 36.0 Å². The molecule has 0 bridgehead atoms. The Morgan fingerprint density at radius 2 is 1.77 bits per heavy atom. The lowest BCUT2D eigenvalue weighted by Gasteiger charge is -2.40. The molecule has 296 valence electrons. The number of epoxide rings is 1. The van der Waals surface area contributed by atoms with Crippen LogP contribution in [0.1, 0.15) is 119 Å². The van der Waals surface area contributed by atoms with Gasteiger partial charge in [-0.15, -0.1) is 0 Å². The lowest BCUT2D eigenvalue weighted by Crippen LogP contribution is -2.53. The molecule has 2 saturated heterocycles. The number of rotatable bonds is 10. The van der Waals surface area contributed by atoms with E-state index >= 15 is 0 Å². The molecular weight excluding hydrogens is 664 g/mol. The normalized spacial score (nSPS) is 35.2. The van der Waals surface area contributed by atoms with Crippen molar-refractivity contribution in [3.63, 3.8) is 0 Å². The van der Waals surface area contributed by atoms with Gasteiger partial charge in [-0.25, -0.2) is 4.79 Å². The van der Waals surface area contributed by atoms with Gasteiger partial charge >= 0.3 is 12.1 Å². The van der Waals surface area contributed by atoms with Crippen molar-refractivity contribution in [1.29, 1.82) is 0 Å². The summed E-state index contributed by atoms with van der Waals surface area (Å²) < 4.78 is 17.7. The van der Waals surface area contributed by atoms with Gasteiger partial charge in [-0.3, -0.25) is 9.69 Å². The summed E-state index contributed by atoms with van der Waals surface area (Å²) in [5, 5.41) is 43.5. The minimum atomic E-state index is -1.48. The van der Waals surface area contributed by atoms with Gasteiger partial charge < -0.3 is 39.5 Å². The first kappa shape index (κ1) is 42.5. The summed E-state index contributed by atoms with van der Waals surface area (Å²) in [4.78, 5) is 30.7. The second kappa shape index (κ2) is 19.4. The Labute approximate surface area is 312 Å². The van der Waals surface area contributed by atoms with E-state index in [9.17, 15) is 30.0 Å². The molecule has 1 amide bonds. The van der Waals surface area contributed by atoms with Crippen molar-refractivity contribution in [2.45, 2.75) is 172 Å². The first-order valence-electron chi connectivity index (χ1n) is 20.0. The van der Waals surface area contributed by atoms with Crippen LogP contribution in [0.4, 0.5) is 4.79 Å². The molecule has 11 heteroatoms. The third-order valence-corrected chi connectivity index (χ3v) is 11.8. The molecule has 4 rings (SSSR count). The van der Waals surface area contributed by atoms with Gasteiger partial charge in [-0.05, 0) is 64.5 Å². The monoisotopic (exact) mass is 732 g/mol. The summed E-state index contributed by atoms with van der Waals surface area (Å²) in [6.07, 6.45) is 14.8. The molecular formula is C41H68N2O9. The van der Waals surface area contributed by atoms with Crippen molar-refractivity contribution in [2.75, 3.05) is 26.2 Å². The topological polar surface area (TPSA) is 153 Å². The van der Waals surface area contributed by atoms with Crippen LogP contribution < -0.4 is 0 Å². The van der Waals surface area contributed by atoms with Crippen molar-refractivity contribution < 1.29 is 44.2 Å². The van der Waals surface area contributed by atoms with Crippen LogP contribution in [0.25, 0.3) is 0 Å². The van der Waals surface area contributed by atoms with E-state index in [-0.39, 0.29) is 43.3 Å². The third-order valence-electron chi connectivity index (χ3n) is 11.8. The van der Waals surface area contributed by atoms with E-state index in [2.05, 4.69) is 4.90 Å². The first-order chi connectivity index (χ1) is 24.6. The van der Waals surface area contributed by atoms with Crippen molar-refractivity contribution in [1.82, 2.24) is 9.80 Å². The number of piperazine rings is 1. The van der Waals surface area contributed by atoms with E-state index in [1.807, 2.05) is 33.8 Å². The van der Waals surface area contributed by atoms with Gasteiger partial charge in [0, 0.05) is 50.5 Å². The summed E-state index contributed by atoms with van der Waals surface area (Å²) in [6, 6.07) is 0.574. The highest BCUT2D eigenvalue weighted by atomic mass is 16.6. The number of cyclic esters (lactones) is 1. The molecule has 0 aromatic heterocycles. The average molecular weight is 733 g/mol. The minimum Gasteiger partial charge on any atom is -0.457 e. The third kappa shape index (κ3) is 12.7. The fourth-order valence-electron chi connectivity index (χ4n) is 8.05. The molecule has 0 aromatic rings. The zero-order chi connectivity index (χ0) is 38.1. The van der Waals surface area contributed by atoms with Crippen LogP contribution >= 0.6 is 0 Å². The van der Waals surface area contributed by atoms with Crippen molar-refractivity contribution >= 4 is 12.1 Å². The Morgan fingerprint density at radius 1 is 1.12 bits per heavy atom. The second-order valence-corrected chi connectivity index (χ2v) is 16.5. The fourth-order valence-corrected chi connectivity index (χ4v) is 8.05. The number of hydrogen-bond acceptors (Lipinski definition) is 10. The molecule has 1 saturated carbocycles. The summed E-state index contributed by atoms with van der Waals surface area (Å²) >= 11 is 0. The smallest absolute Gasteiger partial charge is 0.410 e. The number of carbonyl (C=O) groups excluding carboxylic acids is 2. The quantitative estimate of drug-likeness (QED) is 0.0989. The maximum Gasteiger partial charge on any atom is 0.410 e. The maximum atomic E-state index is 13.5. The van der Waals surface area contributed by atoms with E-state index < -0.39 is 47.7 Å². The number of nitrogens with zero attached hydrogens (tertiary/aromatic N) is 2. The molecule has 3 heterocycles. The number of aliphatic hydroxyl groups excluding tert-OH is 2. The molecule has 4 aliphatic rings. The van der Waals surface area contributed by atoms with Crippen LogP contribution in [0.2, 0.25) is 0 Å². The fraction of sp³-hybridized carbons (Fsp3) is 0.805. The van der Waals surface area contributed by atoms with Gasteiger partial charge in [0.05, 0.1) is 36.4 Å².